The predicted molar refractivity (Wildman–Crippen MR) is 125 cm³/mol. The lowest BCUT2D eigenvalue weighted by molar-refractivity contribution is -0.152. The minimum Gasteiger partial charge on any atom is -0.459 e. The van der Waals surface area contributed by atoms with E-state index >= 15 is 0 Å². The second-order valence-corrected chi connectivity index (χ2v) is 8.31. The Labute approximate surface area is 191 Å². The number of amides is 2. The van der Waals surface area contributed by atoms with E-state index in [-0.39, 0.29) is 12.4 Å². The van der Waals surface area contributed by atoms with Gasteiger partial charge in [0.05, 0.1) is 12.3 Å². The number of anilines is 2. The third kappa shape index (κ3) is 6.03. The molecule has 0 fully saturated rings. The standard InChI is InChI=1S/C24H26N4O5/c1-6-32-22(30)21(29)28-20-11-16-9-15(17-12-25-8-7-14(17)2)10-19(18(16)13-26-20)27-23(31)33-24(3,4)5/h7-13H,6H2,1-5H3,(H,27,31)(H,26,28,29). The Balaban J connectivity index is 2.06. The lowest BCUT2D eigenvalue weighted by atomic mass is 9.99. The number of carbonyl (C=O) groups excluding carboxylic acids is 3. The number of benzene rings is 1. The normalized spacial score (nSPS) is 11.1. The number of hydrogen-bond donors (Lipinski definition) is 2. The van der Waals surface area contributed by atoms with Gasteiger partial charge in [0.15, 0.2) is 0 Å². The van der Waals surface area contributed by atoms with Crippen LogP contribution in [0.5, 0.6) is 0 Å². The first-order valence-corrected chi connectivity index (χ1v) is 10.4. The van der Waals surface area contributed by atoms with Crippen LogP contribution in [0.4, 0.5) is 16.3 Å². The molecule has 3 aromatic rings. The molecule has 2 heterocycles. The zero-order chi connectivity index (χ0) is 24.2. The van der Waals surface area contributed by atoms with Crippen LogP contribution in [-0.4, -0.2) is 40.1 Å². The van der Waals surface area contributed by atoms with Crippen molar-refractivity contribution < 1.29 is 23.9 Å². The number of fused-ring (bicyclic) bond motifs is 1. The molecule has 2 N–H and O–H groups in total. The van der Waals surface area contributed by atoms with Crippen molar-refractivity contribution in [1.29, 1.82) is 0 Å². The molecule has 2 amide bonds. The highest BCUT2D eigenvalue weighted by molar-refractivity contribution is 6.37. The molecule has 0 aliphatic rings. The quantitative estimate of drug-likeness (QED) is 0.445. The van der Waals surface area contributed by atoms with Gasteiger partial charge in [-0.15, -0.1) is 0 Å². The summed E-state index contributed by atoms with van der Waals surface area (Å²) in [5.41, 5.74) is 2.49. The summed E-state index contributed by atoms with van der Waals surface area (Å²) in [5.74, 6) is -1.75. The number of rotatable bonds is 4. The molecule has 0 aliphatic heterocycles. The van der Waals surface area contributed by atoms with Crippen LogP contribution >= 0.6 is 0 Å². The fraction of sp³-hybridized carbons (Fsp3) is 0.292. The fourth-order valence-corrected chi connectivity index (χ4v) is 3.13. The van der Waals surface area contributed by atoms with E-state index in [1.54, 1.807) is 46.2 Å². The highest BCUT2D eigenvalue weighted by atomic mass is 16.6. The van der Waals surface area contributed by atoms with E-state index in [9.17, 15) is 14.4 Å². The lowest BCUT2D eigenvalue weighted by Gasteiger charge is -2.20. The van der Waals surface area contributed by atoms with Gasteiger partial charge in [0, 0.05) is 29.5 Å². The van der Waals surface area contributed by atoms with E-state index in [0.29, 0.717) is 16.5 Å². The van der Waals surface area contributed by atoms with Crippen LogP contribution in [0.2, 0.25) is 0 Å². The van der Waals surface area contributed by atoms with Gasteiger partial charge in [-0.25, -0.2) is 14.6 Å². The maximum Gasteiger partial charge on any atom is 0.412 e. The second-order valence-electron chi connectivity index (χ2n) is 8.31. The van der Waals surface area contributed by atoms with E-state index in [4.69, 9.17) is 9.47 Å². The van der Waals surface area contributed by atoms with Gasteiger partial charge in [0.1, 0.15) is 11.4 Å². The van der Waals surface area contributed by atoms with Crippen LogP contribution in [0.1, 0.15) is 33.3 Å². The Morgan fingerprint density at radius 2 is 1.82 bits per heavy atom. The molecule has 0 unspecified atom stereocenters. The largest absolute Gasteiger partial charge is 0.459 e. The third-order valence-electron chi connectivity index (χ3n) is 4.53. The number of aromatic nitrogens is 2. The van der Waals surface area contributed by atoms with Crippen LogP contribution in [0.3, 0.4) is 0 Å². The van der Waals surface area contributed by atoms with E-state index in [0.717, 1.165) is 16.7 Å². The van der Waals surface area contributed by atoms with Gasteiger partial charge in [-0.2, -0.15) is 0 Å². The topological polar surface area (TPSA) is 120 Å². The van der Waals surface area contributed by atoms with Gasteiger partial charge in [-0.3, -0.25) is 15.1 Å². The first-order chi connectivity index (χ1) is 15.6. The van der Waals surface area contributed by atoms with Crippen molar-refractivity contribution >= 4 is 40.2 Å². The molecule has 0 radical (unpaired) electrons. The van der Waals surface area contributed by atoms with Crippen LogP contribution < -0.4 is 10.6 Å². The predicted octanol–water partition coefficient (Wildman–Crippen LogP) is 4.45. The number of hydrogen-bond acceptors (Lipinski definition) is 7. The summed E-state index contributed by atoms with van der Waals surface area (Å²) in [6.45, 7) is 8.99. The molecule has 33 heavy (non-hydrogen) atoms. The van der Waals surface area contributed by atoms with Crippen molar-refractivity contribution in [2.24, 2.45) is 0 Å². The average Bonchev–Trinajstić information content (AvgIpc) is 2.72. The summed E-state index contributed by atoms with van der Waals surface area (Å²) in [6, 6.07) is 7.20. The summed E-state index contributed by atoms with van der Waals surface area (Å²) < 4.78 is 10.1. The van der Waals surface area contributed by atoms with Crippen molar-refractivity contribution in [3.63, 3.8) is 0 Å². The summed E-state index contributed by atoms with van der Waals surface area (Å²) in [5, 5.41) is 6.52. The van der Waals surface area contributed by atoms with Gasteiger partial charge >= 0.3 is 18.0 Å². The molecule has 9 heteroatoms. The molecule has 0 bridgehead atoms. The van der Waals surface area contributed by atoms with Crippen LogP contribution in [0.15, 0.2) is 42.9 Å². The molecule has 0 aliphatic carbocycles. The Morgan fingerprint density at radius 3 is 2.48 bits per heavy atom. The molecular formula is C24H26N4O5. The molecule has 9 nitrogen and oxygen atoms in total. The Kier molecular flexibility index (Phi) is 6.91. The van der Waals surface area contributed by atoms with Gasteiger partial charge in [-0.05, 0) is 75.4 Å². The molecule has 3 rings (SSSR count). The highest BCUT2D eigenvalue weighted by Crippen LogP contribution is 2.33. The summed E-state index contributed by atoms with van der Waals surface area (Å²) >= 11 is 0. The Morgan fingerprint density at radius 1 is 1.06 bits per heavy atom. The molecule has 0 saturated heterocycles. The molecular weight excluding hydrogens is 424 g/mol. The van der Waals surface area contributed by atoms with Crippen molar-refractivity contribution in [1.82, 2.24) is 9.97 Å². The molecule has 0 spiro atoms. The summed E-state index contributed by atoms with van der Waals surface area (Å²) in [7, 11) is 0. The van der Waals surface area contributed by atoms with E-state index < -0.39 is 23.6 Å². The molecule has 172 valence electrons. The second kappa shape index (κ2) is 9.64. The van der Waals surface area contributed by atoms with Crippen molar-refractivity contribution in [2.75, 3.05) is 17.2 Å². The number of esters is 1. The lowest BCUT2D eigenvalue weighted by Crippen LogP contribution is -2.27. The molecule has 0 saturated carbocycles. The van der Waals surface area contributed by atoms with Gasteiger partial charge in [0.2, 0.25) is 0 Å². The Bertz CT molecular complexity index is 1220. The van der Waals surface area contributed by atoms with E-state index in [1.807, 2.05) is 25.1 Å². The van der Waals surface area contributed by atoms with Gasteiger partial charge in [-0.1, -0.05) is 0 Å². The van der Waals surface area contributed by atoms with Crippen LogP contribution in [-0.2, 0) is 19.1 Å². The van der Waals surface area contributed by atoms with E-state index in [1.165, 1.54) is 6.20 Å². The number of carbonyl (C=O) groups is 3. The van der Waals surface area contributed by atoms with Crippen molar-refractivity contribution in [3.8, 4) is 11.1 Å². The number of pyridine rings is 2. The zero-order valence-corrected chi connectivity index (χ0v) is 19.2. The first kappa shape index (κ1) is 23.6. The maximum atomic E-state index is 12.5. The Hall–Kier alpha value is -4.01. The summed E-state index contributed by atoms with van der Waals surface area (Å²) in [4.78, 5) is 44.5. The van der Waals surface area contributed by atoms with Crippen molar-refractivity contribution in [2.45, 2.75) is 40.2 Å². The summed E-state index contributed by atoms with van der Waals surface area (Å²) in [6.07, 6.45) is 4.33. The van der Waals surface area contributed by atoms with Gasteiger partial charge < -0.3 is 14.8 Å². The minimum absolute atomic E-state index is 0.0882. The van der Waals surface area contributed by atoms with Crippen LogP contribution in [0.25, 0.3) is 21.9 Å². The SMILES string of the molecule is CCOC(=O)C(=O)Nc1cc2cc(-c3cnccc3C)cc(NC(=O)OC(C)(C)C)c2cn1. The first-order valence-electron chi connectivity index (χ1n) is 10.4. The highest BCUT2D eigenvalue weighted by Gasteiger charge is 2.19. The average molecular weight is 450 g/mol. The number of aryl methyl sites for hydroxylation is 1. The monoisotopic (exact) mass is 450 g/mol. The molecule has 2 aromatic heterocycles. The molecule has 1 aromatic carbocycles. The van der Waals surface area contributed by atoms with Crippen LogP contribution in [0, 0.1) is 6.92 Å². The van der Waals surface area contributed by atoms with E-state index in [2.05, 4.69) is 20.6 Å². The zero-order valence-electron chi connectivity index (χ0n) is 19.2. The van der Waals surface area contributed by atoms with Crippen molar-refractivity contribution in [3.05, 3.63) is 48.4 Å². The molecule has 0 atom stereocenters. The van der Waals surface area contributed by atoms with Gasteiger partial charge in [0.25, 0.3) is 0 Å². The maximum absolute atomic E-state index is 12.5. The fourth-order valence-electron chi connectivity index (χ4n) is 3.13. The third-order valence-corrected chi connectivity index (χ3v) is 4.53. The number of ether oxygens (including phenoxy) is 2. The number of nitrogens with one attached hydrogen (secondary N) is 2. The smallest absolute Gasteiger partial charge is 0.412 e. The minimum atomic E-state index is -0.994. The number of nitrogens with zero attached hydrogens (tertiary/aromatic N) is 2.